The maximum atomic E-state index is 13.6. The van der Waals surface area contributed by atoms with Gasteiger partial charge in [-0.2, -0.15) is 0 Å². The lowest BCUT2D eigenvalue weighted by Gasteiger charge is -2.41. The van der Waals surface area contributed by atoms with Crippen LogP contribution in [-0.2, 0) is 10.0 Å². The highest BCUT2D eigenvalue weighted by Gasteiger charge is 2.40. The first-order valence-electron chi connectivity index (χ1n) is 12.6. The Balaban J connectivity index is 1.66. The largest absolute Gasteiger partial charge is 0.487 e. The van der Waals surface area contributed by atoms with Crippen molar-refractivity contribution in [3.05, 3.63) is 53.6 Å². The van der Waals surface area contributed by atoms with Gasteiger partial charge >= 0.3 is 0 Å². The van der Waals surface area contributed by atoms with Crippen molar-refractivity contribution in [3.63, 3.8) is 0 Å². The molecule has 0 spiro atoms. The lowest BCUT2D eigenvalue weighted by molar-refractivity contribution is 0.0260. The van der Waals surface area contributed by atoms with Gasteiger partial charge in [0, 0.05) is 30.0 Å². The Morgan fingerprint density at radius 1 is 1.09 bits per heavy atom. The zero-order valence-corrected chi connectivity index (χ0v) is 22.5. The van der Waals surface area contributed by atoms with Crippen LogP contribution in [0, 0.1) is 0 Å². The molecule has 2 heterocycles. The predicted octanol–water partition coefficient (Wildman–Crippen LogP) is 5.79. The molecule has 1 atom stereocenters. The van der Waals surface area contributed by atoms with Crippen molar-refractivity contribution in [1.29, 1.82) is 0 Å². The van der Waals surface area contributed by atoms with Gasteiger partial charge in [0.1, 0.15) is 11.4 Å². The van der Waals surface area contributed by atoms with E-state index in [9.17, 15) is 13.2 Å². The molecule has 1 amide bonds. The molecule has 0 unspecified atom stereocenters. The number of hydrogen-bond donors (Lipinski definition) is 1. The molecule has 0 saturated carbocycles. The van der Waals surface area contributed by atoms with Crippen LogP contribution in [0.1, 0.15) is 80.8 Å². The van der Waals surface area contributed by atoms with Crippen LogP contribution >= 0.6 is 11.8 Å². The number of carbonyl (C=O) groups is 1. The Kier molecular flexibility index (Phi) is 8.13. The smallest absolute Gasteiger partial charge is 0.255 e. The third kappa shape index (κ3) is 5.54. The van der Waals surface area contributed by atoms with Gasteiger partial charge in [0.2, 0.25) is 10.0 Å². The average molecular weight is 517 g/mol. The number of carbonyl (C=O) groups excluding carboxylic acids is 1. The second kappa shape index (κ2) is 10.9. The minimum atomic E-state index is -3.87. The number of benzene rings is 2. The normalized spacial score (nSPS) is 20.0. The fourth-order valence-electron chi connectivity index (χ4n) is 5.13. The molecule has 4 rings (SSSR count). The molecule has 2 aromatic carbocycles. The molecule has 8 heteroatoms. The summed E-state index contributed by atoms with van der Waals surface area (Å²) in [6, 6.07) is 12.1. The van der Waals surface area contributed by atoms with E-state index in [0.717, 1.165) is 67.8 Å². The molecule has 2 aliphatic heterocycles. The molecule has 6 nitrogen and oxygen atoms in total. The van der Waals surface area contributed by atoms with Crippen LogP contribution in [-0.4, -0.2) is 44.2 Å². The van der Waals surface area contributed by atoms with Crippen molar-refractivity contribution in [2.45, 2.75) is 80.2 Å². The number of hydrogen-bond acceptors (Lipinski definition) is 5. The molecule has 0 aromatic heterocycles. The van der Waals surface area contributed by atoms with Crippen LogP contribution < -0.4 is 9.46 Å². The summed E-state index contributed by atoms with van der Waals surface area (Å²) in [5, 5.41) is 0. The Hall–Kier alpha value is -2.03. The van der Waals surface area contributed by atoms with Crippen molar-refractivity contribution in [3.8, 4) is 5.75 Å². The topological polar surface area (TPSA) is 75.7 Å². The Morgan fingerprint density at radius 3 is 2.43 bits per heavy atom. The fourth-order valence-corrected chi connectivity index (χ4v) is 6.94. The second-order valence-corrected chi connectivity index (χ2v) is 12.0. The van der Waals surface area contributed by atoms with Gasteiger partial charge in [0.25, 0.3) is 5.91 Å². The Morgan fingerprint density at radius 2 is 1.77 bits per heavy atom. The van der Waals surface area contributed by atoms with E-state index in [0.29, 0.717) is 12.0 Å². The fraction of sp³-hybridized carbons (Fsp3) is 0.519. The number of sulfonamides is 1. The van der Waals surface area contributed by atoms with E-state index in [1.54, 1.807) is 18.2 Å². The molecular formula is C27H36N2O4S2. The molecule has 35 heavy (non-hydrogen) atoms. The monoisotopic (exact) mass is 516 g/mol. The molecule has 1 fully saturated rings. The molecule has 0 aliphatic carbocycles. The SMILES string of the molecule is CCC1(CC)C[C@H](NS(=O)(=O)c2ccc(SC)c(C(=O)N3CCCCCC3)c2)c2ccccc2O1. The van der Waals surface area contributed by atoms with Gasteiger partial charge in [-0.05, 0) is 56.2 Å². The van der Waals surface area contributed by atoms with E-state index < -0.39 is 21.7 Å². The zero-order valence-electron chi connectivity index (χ0n) is 20.9. The summed E-state index contributed by atoms with van der Waals surface area (Å²) in [6.07, 6.45) is 8.26. The average Bonchev–Trinajstić information content (AvgIpc) is 3.17. The number of fused-ring (bicyclic) bond motifs is 1. The van der Waals surface area contributed by atoms with Crippen LogP contribution in [0.5, 0.6) is 5.75 Å². The quantitative estimate of drug-likeness (QED) is 0.472. The highest BCUT2D eigenvalue weighted by Crippen LogP contribution is 2.43. The number of para-hydroxylation sites is 1. The van der Waals surface area contributed by atoms with E-state index in [2.05, 4.69) is 18.6 Å². The van der Waals surface area contributed by atoms with Gasteiger partial charge in [-0.3, -0.25) is 4.79 Å². The second-order valence-electron chi connectivity index (χ2n) is 9.48. The summed E-state index contributed by atoms with van der Waals surface area (Å²) >= 11 is 1.47. The van der Waals surface area contributed by atoms with Crippen molar-refractivity contribution >= 4 is 27.7 Å². The van der Waals surface area contributed by atoms with Crippen LogP contribution in [0.3, 0.4) is 0 Å². The first kappa shape index (κ1) is 26.0. The Bertz CT molecular complexity index is 1150. The third-order valence-corrected chi connectivity index (χ3v) is 9.65. The number of nitrogens with zero attached hydrogens (tertiary/aromatic N) is 1. The summed E-state index contributed by atoms with van der Waals surface area (Å²) in [7, 11) is -3.87. The van der Waals surface area contributed by atoms with Crippen LogP contribution in [0.4, 0.5) is 0 Å². The first-order valence-corrected chi connectivity index (χ1v) is 15.3. The zero-order chi connectivity index (χ0) is 25.1. The van der Waals surface area contributed by atoms with Crippen LogP contribution in [0.2, 0.25) is 0 Å². The minimum Gasteiger partial charge on any atom is -0.487 e. The highest BCUT2D eigenvalue weighted by molar-refractivity contribution is 7.98. The van der Waals surface area contributed by atoms with Gasteiger partial charge in [0.05, 0.1) is 16.5 Å². The molecule has 1 saturated heterocycles. The van der Waals surface area contributed by atoms with Crippen LogP contribution in [0.15, 0.2) is 52.3 Å². The first-order chi connectivity index (χ1) is 16.8. The maximum Gasteiger partial charge on any atom is 0.255 e. The van der Waals surface area contributed by atoms with Crippen molar-refractivity contribution < 1.29 is 17.9 Å². The van der Waals surface area contributed by atoms with E-state index in [4.69, 9.17) is 4.74 Å². The molecular weight excluding hydrogens is 480 g/mol. The lowest BCUT2D eigenvalue weighted by Crippen LogP contribution is -2.44. The van der Waals surface area contributed by atoms with E-state index in [-0.39, 0.29) is 10.8 Å². The summed E-state index contributed by atoms with van der Waals surface area (Å²) < 4.78 is 36.5. The van der Waals surface area contributed by atoms with Crippen molar-refractivity contribution in [2.24, 2.45) is 0 Å². The maximum absolute atomic E-state index is 13.6. The van der Waals surface area contributed by atoms with Crippen LogP contribution in [0.25, 0.3) is 0 Å². The number of amides is 1. The molecule has 190 valence electrons. The van der Waals surface area contributed by atoms with E-state index in [1.807, 2.05) is 35.4 Å². The predicted molar refractivity (Wildman–Crippen MR) is 141 cm³/mol. The molecule has 1 N–H and O–H groups in total. The summed E-state index contributed by atoms with van der Waals surface area (Å²) in [5.74, 6) is 0.644. The van der Waals surface area contributed by atoms with E-state index >= 15 is 0 Å². The number of thioether (sulfide) groups is 1. The van der Waals surface area contributed by atoms with Gasteiger partial charge in [-0.15, -0.1) is 11.8 Å². The number of ether oxygens (including phenoxy) is 1. The van der Waals surface area contributed by atoms with Gasteiger partial charge < -0.3 is 9.64 Å². The third-order valence-electron chi connectivity index (χ3n) is 7.39. The summed E-state index contributed by atoms with van der Waals surface area (Å²) in [4.78, 5) is 16.2. The lowest BCUT2D eigenvalue weighted by atomic mass is 9.84. The minimum absolute atomic E-state index is 0.0827. The molecule has 0 radical (unpaired) electrons. The van der Waals surface area contributed by atoms with Gasteiger partial charge in [-0.25, -0.2) is 13.1 Å². The van der Waals surface area contributed by atoms with E-state index in [1.165, 1.54) is 11.8 Å². The number of nitrogens with one attached hydrogen (secondary N) is 1. The highest BCUT2D eigenvalue weighted by atomic mass is 32.2. The molecule has 0 bridgehead atoms. The summed E-state index contributed by atoms with van der Waals surface area (Å²) in [6.45, 7) is 5.59. The Labute approximate surface area is 213 Å². The molecule has 2 aromatic rings. The van der Waals surface area contributed by atoms with Crippen molar-refractivity contribution in [2.75, 3.05) is 19.3 Å². The number of likely N-dealkylation sites (tertiary alicyclic amines) is 1. The summed E-state index contributed by atoms with van der Waals surface area (Å²) in [5.41, 5.74) is 0.888. The van der Waals surface area contributed by atoms with Gasteiger partial charge in [0.15, 0.2) is 0 Å². The standard InChI is InChI=1S/C27H36N2O4S2/c1-4-27(5-2)19-23(21-12-8-9-13-24(21)33-27)28-35(31,32)20-14-15-25(34-3)22(18-20)26(30)29-16-10-6-7-11-17-29/h8-9,12-15,18,23,28H,4-7,10-11,16-17,19H2,1-3H3/t23-/m0/s1. The number of rotatable bonds is 7. The molecule has 2 aliphatic rings. The van der Waals surface area contributed by atoms with Crippen molar-refractivity contribution in [1.82, 2.24) is 9.62 Å². The van der Waals surface area contributed by atoms with Gasteiger partial charge in [-0.1, -0.05) is 44.9 Å².